The number of halogens is 1. The number of furan rings is 1. The minimum Gasteiger partial charge on any atom is -0.466 e. The van der Waals surface area contributed by atoms with Gasteiger partial charge >= 0.3 is 0 Å². The summed E-state index contributed by atoms with van der Waals surface area (Å²) in [6.45, 7) is 1.72. The molecule has 0 aliphatic carbocycles. The van der Waals surface area contributed by atoms with Crippen LogP contribution in [0.3, 0.4) is 0 Å². The van der Waals surface area contributed by atoms with Gasteiger partial charge in [-0.15, -0.1) is 0 Å². The second kappa shape index (κ2) is 3.83. The van der Waals surface area contributed by atoms with Crippen LogP contribution >= 0.6 is 15.9 Å². The Kier molecular flexibility index (Phi) is 2.67. The van der Waals surface area contributed by atoms with Gasteiger partial charge in [0.2, 0.25) is 0 Å². The summed E-state index contributed by atoms with van der Waals surface area (Å²) in [7, 11) is 0. The van der Waals surface area contributed by atoms with E-state index in [0.717, 1.165) is 10.0 Å². The van der Waals surface area contributed by atoms with Crippen molar-refractivity contribution in [2.75, 3.05) is 0 Å². The van der Waals surface area contributed by atoms with E-state index in [0.29, 0.717) is 5.76 Å². The molecule has 2 nitrogen and oxygen atoms in total. The van der Waals surface area contributed by atoms with E-state index in [2.05, 4.69) is 15.9 Å². The van der Waals surface area contributed by atoms with Crippen LogP contribution in [0.5, 0.6) is 0 Å². The molecule has 78 valence electrons. The van der Waals surface area contributed by atoms with Gasteiger partial charge in [0.25, 0.3) is 0 Å². The van der Waals surface area contributed by atoms with Crippen LogP contribution < -0.4 is 0 Å². The number of hydrogen-bond donors (Lipinski definition) is 1. The number of benzene rings is 1. The van der Waals surface area contributed by atoms with Gasteiger partial charge in [0.05, 0.1) is 6.26 Å². The lowest BCUT2D eigenvalue weighted by Gasteiger charge is -2.21. The molecule has 1 unspecified atom stereocenters. The number of rotatable bonds is 2. The van der Waals surface area contributed by atoms with Crippen LogP contribution in [0.15, 0.2) is 51.6 Å². The number of hydrogen-bond acceptors (Lipinski definition) is 2. The summed E-state index contributed by atoms with van der Waals surface area (Å²) in [5, 5.41) is 10.3. The third-order valence-electron chi connectivity index (χ3n) is 2.41. The first-order chi connectivity index (χ1) is 7.10. The zero-order chi connectivity index (χ0) is 10.9. The highest BCUT2D eigenvalue weighted by Gasteiger charge is 2.28. The van der Waals surface area contributed by atoms with Crippen LogP contribution in [-0.2, 0) is 5.60 Å². The molecule has 0 saturated heterocycles. The first-order valence-electron chi connectivity index (χ1n) is 4.63. The van der Waals surface area contributed by atoms with E-state index < -0.39 is 5.60 Å². The van der Waals surface area contributed by atoms with Gasteiger partial charge in [-0.05, 0) is 36.8 Å². The summed E-state index contributed by atoms with van der Waals surface area (Å²) in [5.41, 5.74) is -0.273. The Morgan fingerprint density at radius 1 is 1.20 bits per heavy atom. The Morgan fingerprint density at radius 3 is 2.40 bits per heavy atom. The van der Waals surface area contributed by atoms with Crippen molar-refractivity contribution in [2.24, 2.45) is 0 Å². The Labute approximate surface area is 96.7 Å². The van der Waals surface area contributed by atoms with E-state index >= 15 is 0 Å². The molecule has 0 aliphatic rings. The highest BCUT2D eigenvalue weighted by Crippen LogP contribution is 2.29. The largest absolute Gasteiger partial charge is 0.466 e. The average Bonchev–Trinajstić information content (AvgIpc) is 2.71. The molecule has 0 spiro atoms. The van der Waals surface area contributed by atoms with Crippen LogP contribution in [0.4, 0.5) is 0 Å². The van der Waals surface area contributed by atoms with E-state index in [1.54, 1.807) is 25.3 Å². The molecule has 0 bridgehead atoms. The van der Waals surface area contributed by atoms with Crippen molar-refractivity contribution >= 4 is 15.9 Å². The van der Waals surface area contributed by atoms with Gasteiger partial charge in [-0.2, -0.15) is 0 Å². The summed E-state index contributed by atoms with van der Waals surface area (Å²) in [6.07, 6.45) is 1.56. The Morgan fingerprint density at radius 2 is 1.87 bits per heavy atom. The van der Waals surface area contributed by atoms with Crippen LogP contribution in [0.1, 0.15) is 18.2 Å². The molecule has 0 radical (unpaired) electrons. The van der Waals surface area contributed by atoms with Gasteiger partial charge in [-0.3, -0.25) is 0 Å². The zero-order valence-corrected chi connectivity index (χ0v) is 9.86. The third-order valence-corrected chi connectivity index (χ3v) is 2.94. The summed E-state index contributed by atoms with van der Waals surface area (Å²) < 4.78 is 6.21. The van der Waals surface area contributed by atoms with Gasteiger partial charge in [0, 0.05) is 4.47 Å². The van der Waals surface area contributed by atoms with Gasteiger partial charge in [-0.1, -0.05) is 28.1 Å². The Bertz CT molecular complexity index is 429. The first kappa shape index (κ1) is 10.5. The quantitative estimate of drug-likeness (QED) is 0.905. The Balaban J connectivity index is 2.41. The van der Waals surface area contributed by atoms with Crippen LogP contribution in [-0.4, -0.2) is 5.11 Å². The fraction of sp³-hybridized carbons (Fsp3) is 0.167. The predicted octanol–water partition coefficient (Wildman–Crippen LogP) is 3.30. The fourth-order valence-corrected chi connectivity index (χ4v) is 1.74. The Hall–Kier alpha value is -1.06. The van der Waals surface area contributed by atoms with Gasteiger partial charge in [-0.25, -0.2) is 0 Å². The van der Waals surface area contributed by atoms with Gasteiger partial charge in [0.1, 0.15) is 11.4 Å². The molecule has 0 aliphatic heterocycles. The molecule has 2 rings (SSSR count). The van der Waals surface area contributed by atoms with Crippen LogP contribution in [0, 0.1) is 0 Å². The summed E-state index contributed by atoms with van der Waals surface area (Å²) >= 11 is 3.36. The van der Waals surface area contributed by atoms with E-state index in [4.69, 9.17) is 4.42 Å². The monoisotopic (exact) mass is 266 g/mol. The van der Waals surface area contributed by atoms with Crippen LogP contribution in [0.25, 0.3) is 0 Å². The fourth-order valence-electron chi connectivity index (χ4n) is 1.47. The molecule has 0 fully saturated rings. The zero-order valence-electron chi connectivity index (χ0n) is 8.27. The molecular weight excluding hydrogens is 256 g/mol. The van der Waals surface area contributed by atoms with Gasteiger partial charge < -0.3 is 9.52 Å². The van der Waals surface area contributed by atoms with E-state index in [9.17, 15) is 5.11 Å². The lowest BCUT2D eigenvalue weighted by atomic mass is 9.94. The van der Waals surface area contributed by atoms with Gasteiger partial charge in [0.15, 0.2) is 0 Å². The molecular formula is C12H11BrO2. The first-order valence-corrected chi connectivity index (χ1v) is 5.42. The van der Waals surface area contributed by atoms with Crippen molar-refractivity contribution in [1.29, 1.82) is 0 Å². The number of aliphatic hydroxyl groups is 1. The van der Waals surface area contributed by atoms with Crippen molar-refractivity contribution in [2.45, 2.75) is 12.5 Å². The molecule has 0 amide bonds. The van der Waals surface area contributed by atoms with E-state index in [1.807, 2.05) is 24.3 Å². The average molecular weight is 267 g/mol. The second-order valence-corrected chi connectivity index (χ2v) is 4.47. The van der Waals surface area contributed by atoms with Crippen molar-refractivity contribution in [3.63, 3.8) is 0 Å². The molecule has 15 heavy (non-hydrogen) atoms. The molecule has 2 aromatic rings. The molecule has 1 N–H and O–H groups in total. The maximum absolute atomic E-state index is 10.3. The molecule has 3 heteroatoms. The van der Waals surface area contributed by atoms with E-state index in [-0.39, 0.29) is 0 Å². The normalized spacial score (nSPS) is 14.9. The smallest absolute Gasteiger partial charge is 0.144 e. The molecule has 1 atom stereocenters. The minimum absolute atomic E-state index is 0.546. The van der Waals surface area contributed by atoms with Crippen molar-refractivity contribution in [3.05, 3.63) is 58.5 Å². The second-order valence-electron chi connectivity index (χ2n) is 3.56. The van der Waals surface area contributed by atoms with Crippen molar-refractivity contribution < 1.29 is 9.52 Å². The standard InChI is InChI=1S/C12H11BrO2/c1-12(14,11-3-2-8-15-11)9-4-6-10(13)7-5-9/h2-8,14H,1H3. The molecule has 1 aromatic carbocycles. The highest BCUT2D eigenvalue weighted by molar-refractivity contribution is 9.10. The van der Waals surface area contributed by atoms with E-state index in [1.165, 1.54) is 0 Å². The lowest BCUT2D eigenvalue weighted by molar-refractivity contribution is 0.0767. The summed E-state index contributed by atoms with van der Waals surface area (Å²) in [5.74, 6) is 0.546. The lowest BCUT2D eigenvalue weighted by Crippen LogP contribution is -2.21. The molecule has 1 heterocycles. The predicted molar refractivity (Wildman–Crippen MR) is 61.5 cm³/mol. The summed E-state index contributed by atoms with van der Waals surface area (Å²) in [4.78, 5) is 0. The third kappa shape index (κ3) is 1.98. The maximum Gasteiger partial charge on any atom is 0.144 e. The van der Waals surface area contributed by atoms with Crippen molar-refractivity contribution in [3.8, 4) is 0 Å². The minimum atomic E-state index is -1.08. The van der Waals surface area contributed by atoms with Crippen LogP contribution in [0.2, 0.25) is 0 Å². The summed E-state index contributed by atoms with van der Waals surface area (Å²) in [6, 6.07) is 11.1. The molecule has 0 saturated carbocycles. The maximum atomic E-state index is 10.3. The molecule has 1 aromatic heterocycles. The highest BCUT2D eigenvalue weighted by atomic mass is 79.9. The SMILES string of the molecule is CC(O)(c1ccc(Br)cc1)c1ccco1. The topological polar surface area (TPSA) is 33.4 Å². The van der Waals surface area contributed by atoms with Crippen molar-refractivity contribution in [1.82, 2.24) is 0 Å².